The minimum Gasteiger partial charge on any atom is -0.349 e. The van der Waals surface area contributed by atoms with Crippen molar-refractivity contribution >= 4 is 45.3 Å². The van der Waals surface area contributed by atoms with Crippen LogP contribution in [0, 0.1) is 5.82 Å². The maximum atomic E-state index is 13.9. The third-order valence-electron chi connectivity index (χ3n) is 5.41. The van der Waals surface area contributed by atoms with E-state index >= 15 is 0 Å². The van der Waals surface area contributed by atoms with Gasteiger partial charge < -0.3 is 10.3 Å². The second-order valence-corrected chi connectivity index (χ2v) is 8.74. The quantitative estimate of drug-likeness (QED) is 0.178. The number of carbonyl (C=O) groups is 1. The van der Waals surface area contributed by atoms with E-state index in [1.807, 2.05) is 0 Å². The zero-order valence-electron chi connectivity index (χ0n) is 18.3. The lowest BCUT2D eigenvalue weighted by atomic mass is 10.2. The Morgan fingerprint density at radius 1 is 1.03 bits per heavy atom. The summed E-state index contributed by atoms with van der Waals surface area (Å²) in [6.45, 7) is 0. The normalized spacial score (nSPS) is 11.8. The summed E-state index contributed by atoms with van der Waals surface area (Å²) in [4.78, 5) is 33.6. The molecule has 11 heteroatoms. The Morgan fingerprint density at radius 3 is 2.56 bits per heavy atom. The molecule has 2 aromatic heterocycles. The molecule has 5 rings (SSSR count). The molecule has 0 saturated carbocycles. The van der Waals surface area contributed by atoms with Crippen LogP contribution in [0.3, 0.4) is 0 Å². The lowest BCUT2D eigenvalue weighted by molar-refractivity contribution is -0.137. The highest BCUT2D eigenvalue weighted by atomic mass is 32.2. The van der Waals surface area contributed by atoms with Crippen LogP contribution in [0.15, 0.2) is 82.7 Å². The maximum absolute atomic E-state index is 13.9. The Hall–Kier alpha value is -4.12. The average molecular weight is 512 g/mol. The number of thioether (sulfide) groups is 1. The highest BCUT2D eigenvalue weighted by molar-refractivity contribution is 7.99. The summed E-state index contributed by atoms with van der Waals surface area (Å²) in [6.07, 6.45) is -4.62. The molecule has 0 unspecified atom stereocenters. The summed E-state index contributed by atoms with van der Waals surface area (Å²) in [5.41, 5.74) is -0.542. The number of rotatable bonds is 5. The van der Waals surface area contributed by atoms with Crippen LogP contribution in [0.2, 0.25) is 0 Å². The molecule has 36 heavy (non-hydrogen) atoms. The van der Waals surface area contributed by atoms with Gasteiger partial charge in [-0.1, -0.05) is 48.2 Å². The Morgan fingerprint density at radius 2 is 1.78 bits per heavy atom. The molecule has 0 spiro atoms. The van der Waals surface area contributed by atoms with Crippen molar-refractivity contribution in [3.8, 4) is 5.69 Å². The van der Waals surface area contributed by atoms with Crippen molar-refractivity contribution in [2.24, 2.45) is 0 Å². The predicted molar refractivity (Wildman–Crippen MR) is 130 cm³/mol. The van der Waals surface area contributed by atoms with Crippen LogP contribution in [-0.4, -0.2) is 26.2 Å². The molecule has 1 amide bonds. The SMILES string of the molecule is O=C(CSc1nc2c([nH]c3ccccc32)c(=O)n1-c1cccc(C(F)(F)F)c1)Nc1ccccc1F. The molecule has 182 valence electrons. The number of carbonyl (C=O) groups excluding carboxylic acids is 1. The lowest BCUT2D eigenvalue weighted by Gasteiger charge is -2.14. The highest BCUT2D eigenvalue weighted by Gasteiger charge is 2.31. The number of H-pyrrole nitrogens is 1. The molecule has 2 N–H and O–H groups in total. The van der Waals surface area contributed by atoms with Crippen LogP contribution >= 0.6 is 11.8 Å². The second-order valence-electron chi connectivity index (χ2n) is 7.79. The van der Waals surface area contributed by atoms with Gasteiger partial charge in [0, 0.05) is 10.9 Å². The second kappa shape index (κ2) is 9.15. The zero-order chi connectivity index (χ0) is 25.4. The van der Waals surface area contributed by atoms with Gasteiger partial charge in [0.05, 0.1) is 22.7 Å². The van der Waals surface area contributed by atoms with Crippen molar-refractivity contribution in [2.75, 3.05) is 11.1 Å². The van der Waals surface area contributed by atoms with Gasteiger partial charge in [0.15, 0.2) is 5.16 Å². The molecule has 0 atom stereocenters. The predicted octanol–water partition coefficient (Wildman–Crippen LogP) is 5.76. The molecule has 0 fully saturated rings. The molecule has 2 heterocycles. The molecular weight excluding hydrogens is 496 g/mol. The number of amides is 1. The van der Waals surface area contributed by atoms with Gasteiger partial charge in [-0.15, -0.1) is 0 Å². The number of fused-ring (bicyclic) bond motifs is 3. The van der Waals surface area contributed by atoms with Crippen LogP contribution < -0.4 is 10.9 Å². The van der Waals surface area contributed by atoms with E-state index < -0.39 is 29.0 Å². The van der Waals surface area contributed by atoms with Gasteiger partial charge in [-0.2, -0.15) is 13.2 Å². The number of hydrogen-bond donors (Lipinski definition) is 2. The minimum atomic E-state index is -4.62. The number of halogens is 4. The van der Waals surface area contributed by atoms with E-state index in [0.717, 1.165) is 28.5 Å². The van der Waals surface area contributed by atoms with Crippen molar-refractivity contribution in [1.82, 2.24) is 14.5 Å². The molecule has 0 radical (unpaired) electrons. The monoisotopic (exact) mass is 512 g/mol. The van der Waals surface area contributed by atoms with Crippen molar-refractivity contribution in [1.29, 1.82) is 0 Å². The number of hydrogen-bond acceptors (Lipinski definition) is 4. The van der Waals surface area contributed by atoms with Crippen LogP contribution in [-0.2, 0) is 11.0 Å². The Labute approximate surface area is 205 Å². The van der Waals surface area contributed by atoms with E-state index in [-0.39, 0.29) is 27.8 Å². The zero-order valence-corrected chi connectivity index (χ0v) is 19.1. The van der Waals surface area contributed by atoms with Gasteiger partial charge >= 0.3 is 6.18 Å². The maximum Gasteiger partial charge on any atom is 0.416 e. The number of nitrogens with one attached hydrogen (secondary N) is 2. The first-order valence-electron chi connectivity index (χ1n) is 10.6. The fraction of sp³-hybridized carbons (Fsp3) is 0.0800. The summed E-state index contributed by atoms with van der Waals surface area (Å²) < 4.78 is 55.1. The smallest absolute Gasteiger partial charge is 0.349 e. The number of aromatic nitrogens is 3. The van der Waals surface area contributed by atoms with Crippen molar-refractivity contribution in [3.63, 3.8) is 0 Å². The number of anilines is 1. The van der Waals surface area contributed by atoms with E-state index in [2.05, 4.69) is 15.3 Å². The minimum absolute atomic E-state index is 0.0141. The standard InChI is InChI=1S/C25H16F4N4O2S/c26-17-9-2-4-11-19(17)30-20(34)13-36-24-32-21-16-8-1-3-10-18(16)31-22(21)23(35)33(24)15-7-5-6-14(12-15)25(27,28)29/h1-12,31H,13H2,(H,30,34). The summed E-state index contributed by atoms with van der Waals surface area (Å²) >= 11 is 0.852. The fourth-order valence-corrected chi connectivity index (χ4v) is 4.57. The number of nitrogens with zero attached hydrogens (tertiary/aromatic N) is 2. The van der Waals surface area contributed by atoms with Gasteiger partial charge in [-0.25, -0.2) is 9.37 Å². The molecular formula is C25H16F4N4O2S. The molecule has 5 aromatic rings. The van der Waals surface area contributed by atoms with E-state index in [1.165, 1.54) is 30.3 Å². The Bertz CT molecular complexity index is 1680. The van der Waals surface area contributed by atoms with Crippen LogP contribution in [0.5, 0.6) is 0 Å². The lowest BCUT2D eigenvalue weighted by Crippen LogP contribution is -2.23. The first-order chi connectivity index (χ1) is 17.2. The van der Waals surface area contributed by atoms with E-state index in [9.17, 15) is 27.2 Å². The van der Waals surface area contributed by atoms with Crippen molar-refractivity contribution in [3.05, 3.63) is 94.5 Å². The molecule has 6 nitrogen and oxygen atoms in total. The van der Waals surface area contributed by atoms with Gasteiger partial charge in [0.1, 0.15) is 16.9 Å². The van der Waals surface area contributed by atoms with Crippen molar-refractivity contribution in [2.45, 2.75) is 11.3 Å². The molecule has 0 aliphatic rings. The topological polar surface area (TPSA) is 79.8 Å². The molecule has 3 aromatic carbocycles. The van der Waals surface area contributed by atoms with Crippen LogP contribution in [0.1, 0.15) is 5.56 Å². The summed E-state index contributed by atoms with van der Waals surface area (Å²) in [5, 5.41) is 3.11. The van der Waals surface area contributed by atoms with Crippen LogP contribution in [0.4, 0.5) is 23.2 Å². The van der Waals surface area contributed by atoms with E-state index in [4.69, 9.17) is 0 Å². The summed E-state index contributed by atoms with van der Waals surface area (Å²) in [7, 11) is 0. The molecule has 0 aliphatic heterocycles. The Balaban J connectivity index is 1.60. The van der Waals surface area contributed by atoms with E-state index in [0.29, 0.717) is 16.4 Å². The molecule has 0 aliphatic carbocycles. The number of aromatic amines is 1. The average Bonchev–Trinajstić information content (AvgIpc) is 3.23. The van der Waals surface area contributed by atoms with Gasteiger partial charge in [-0.3, -0.25) is 14.2 Å². The largest absolute Gasteiger partial charge is 0.416 e. The highest BCUT2D eigenvalue weighted by Crippen LogP contribution is 2.32. The first-order valence-corrected chi connectivity index (χ1v) is 11.6. The summed E-state index contributed by atoms with van der Waals surface area (Å²) in [6, 6.07) is 17.0. The van der Waals surface area contributed by atoms with Gasteiger partial charge in [0.25, 0.3) is 5.56 Å². The third kappa shape index (κ3) is 4.44. The number of benzene rings is 3. The van der Waals surface area contributed by atoms with Crippen LogP contribution in [0.25, 0.3) is 27.6 Å². The van der Waals surface area contributed by atoms with Gasteiger partial charge in [0.2, 0.25) is 5.91 Å². The number of para-hydroxylation sites is 2. The third-order valence-corrected chi connectivity index (χ3v) is 6.34. The summed E-state index contributed by atoms with van der Waals surface area (Å²) in [5.74, 6) is -1.46. The van der Waals surface area contributed by atoms with E-state index in [1.54, 1.807) is 30.3 Å². The fourth-order valence-electron chi connectivity index (χ4n) is 3.77. The number of alkyl halides is 3. The Kier molecular flexibility index (Phi) is 6.00. The van der Waals surface area contributed by atoms with Crippen molar-refractivity contribution < 1.29 is 22.4 Å². The molecule has 0 bridgehead atoms. The first kappa shape index (κ1) is 23.6. The van der Waals surface area contributed by atoms with Gasteiger partial charge in [-0.05, 0) is 36.4 Å². The molecule has 0 saturated heterocycles.